The third kappa shape index (κ3) is 4.84. The number of hydrogen-bond acceptors (Lipinski definition) is 4. The van der Waals surface area contributed by atoms with Crippen LogP contribution in [-0.2, 0) is 11.5 Å². The van der Waals surface area contributed by atoms with Gasteiger partial charge in [0.05, 0.1) is 10.1 Å². The Hall–Kier alpha value is -1.44. The molecule has 0 atom stereocenters. The molecule has 1 aliphatic rings. The highest BCUT2D eigenvalue weighted by Gasteiger charge is 2.23. The number of carbonyl (C=O) groups is 1. The second-order valence-electron chi connectivity index (χ2n) is 7.09. The molecule has 0 radical (unpaired) electrons. The van der Waals surface area contributed by atoms with Crippen LogP contribution < -0.4 is 4.74 Å². The number of halogens is 1. The van der Waals surface area contributed by atoms with Gasteiger partial charge in [-0.05, 0) is 89.0 Å². The highest BCUT2D eigenvalue weighted by Crippen LogP contribution is 2.49. The number of benzene rings is 3. The Morgan fingerprint density at radius 3 is 2.14 bits per heavy atom. The predicted molar refractivity (Wildman–Crippen MR) is 132 cm³/mol. The molecule has 148 valence electrons. The number of para-hydroxylation sites is 1. The minimum atomic E-state index is -0.313. The fourth-order valence-corrected chi connectivity index (χ4v) is 6.38. The molecule has 0 aliphatic carbocycles. The zero-order valence-electron chi connectivity index (χ0n) is 16.3. The zero-order chi connectivity index (χ0) is 20.4. The molecular formula is C24H21IO2S2. The molecular weight excluding hydrogens is 511 g/mol. The van der Waals surface area contributed by atoms with Crippen LogP contribution in [0.15, 0.2) is 60.7 Å². The van der Waals surface area contributed by atoms with E-state index in [1.807, 2.05) is 66.0 Å². The molecule has 4 rings (SSSR count). The monoisotopic (exact) mass is 532 g/mol. The molecule has 0 bridgehead atoms. The van der Waals surface area contributed by atoms with E-state index in [2.05, 4.69) is 54.6 Å². The Balaban J connectivity index is 1.55. The van der Waals surface area contributed by atoms with Crippen molar-refractivity contribution < 1.29 is 9.53 Å². The van der Waals surface area contributed by atoms with Gasteiger partial charge in [-0.15, -0.1) is 23.5 Å². The van der Waals surface area contributed by atoms with Crippen LogP contribution in [0.25, 0.3) is 0 Å². The fraction of sp³-hybridized carbons (Fsp3) is 0.208. The normalized spacial score (nSPS) is 14.2. The summed E-state index contributed by atoms with van der Waals surface area (Å²) in [6.45, 7) is 4.35. The van der Waals surface area contributed by atoms with Crippen molar-refractivity contribution in [3.8, 4) is 5.75 Å². The summed E-state index contributed by atoms with van der Waals surface area (Å²) < 4.78 is 7.13. The van der Waals surface area contributed by atoms with E-state index >= 15 is 0 Å². The lowest BCUT2D eigenvalue weighted by Crippen LogP contribution is -2.10. The van der Waals surface area contributed by atoms with Crippen LogP contribution in [0.2, 0.25) is 0 Å². The Morgan fingerprint density at radius 2 is 1.52 bits per heavy atom. The summed E-state index contributed by atoms with van der Waals surface area (Å²) >= 11 is 6.04. The summed E-state index contributed by atoms with van der Waals surface area (Å²) in [5.74, 6) is 2.27. The smallest absolute Gasteiger partial charge is 0.343 e. The van der Waals surface area contributed by atoms with Crippen molar-refractivity contribution in [1.29, 1.82) is 0 Å². The van der Waals surface area contributed by atoms with Gasteiger partial charge in [0.2, 0.25) is 0 Å². The maximum atomic E-state index is 12.6. The van der Waals surface area contributed by atoms with Gasteiger partial charge in [0, 0.05) is 20.6 Å². The molecule has 0 saturated heterocycles. The first-order chi connectivity index (χ1) is 14.0. The van der Waals surface area contributed by atoms with Crippen molar-refractivity contribution >= 4 is 52.1 Å². The molecule has 5 heteroatoms. The van der Waals surface area contributed by atoms with Crippen molar-refractivity contribution in [3.63, 3.8) is 0 Å². The van der Waals surface area contributed by atoms with Gasteiger partial charge in [-0.2, -0.15) is 0 Å². The molecule has 3 aromatic rings. The van der Waals surface area contributed by atoms with Gasteiger partial charge >= 0.3 is 5.97 Å². The first-order valence-corrected chi connectivity index (χ1v) is 12.6. The van der Waals surface area contributed by atoms with E-state index in [0.29, 0.717) is 11.3 Å². The predicted octanol–water partition coefficient (Wildman–Crippen LogP) is 7.31. The lowest BCUT2D eigenvalue weighted by molar-refractivity contribution is 0.0733. The van der Waals surface area contributed by atoms with Crippen molar-refractivity contribution in [2.75, 3.05) is 0 Å². The second kappa shape index (κ2) is 9.14. The summed E-state index contributed by atoms with van der Waals surface area (Å²) in [5.41, 5.74) is 7.17. The van der Waals surface area contributed by atoms with E-state index < -0.39 is 0 Å². The molecule has 1 heterocycles. The highest BCUT2D eigenvalue weighted by molar-refractivity contribution is 14.1. The van der Waals surface area contributed by atoms with Gasteiger partial charge in [-0.1, -0.05) is 30.3 Å². The third-order valence-corrected chi connectivity index (χ3v) is 8.66. The van der Waals surface area contributed by atoms with Crippen LogP contribution in [0.3, 0.4) is 0 Å². The Bertz CT molecular complexity index is 1010. The molecule has 3 aromatic carbocycles. The largest absolute Gasteiger partial charge is 0.423 e. The van der Waals surface area contributed by atoms with E-state index in [1.54, 1.807) is 0 Å². The minimum Gasteiger partial charge on any atom is -0.423 e. The van der Waals surface area contributed by atoms with Crippen LogP contribution in [0.4, 0.5) is 0 Å². The van der Waals surface area contributed by atoms with Crippen molar-refractivity contribution in [3.05, 3.63) is 97.6 Å². The lowest BCUT2D eigenvalue weighted by atomic mass is 10.0. The van der Waals surface area contributed by atoms with Crippen LogP contribution in [0.1, 0.15) is 42.8 Å². The number of aryl methyl sites for hydroxylation is 2. The van der Waals surface area contributed by atoms with E-state index in [0.717, 1.165) is 20.6 Å². The summed E-state index contributed by atoms with van der Waals surface area (Å²) in [5, 5.41) is 0. The average Bonchev–Trinajstić information content (AvgIpc) is 2.92. The van der Waals surface area contributed by atoms with Gasteiger partial charge in [-0.25, -0.2) is 4.79 Å². The number of esters is 1. The summed E-state index contributed by atoms with van der Waals surface area (Å²) in [7, 11) is 0. The molecule has 0 fully saturated rings. The minimum absolute atomic E-state index is 0.226. The Morgan fingerprint density at radius 1 is 0.931 bits per heavy atom. The molecule has 0 N–H and O–H groups in total. The lowest BCUT2D eigenvalue weighted by Gasteiger charge is -2.17. The fourth-order valence-electron chi connectivity index (χ4n) is 3.28. The first kappa shape index (κ1) is 20.8. The third-order valence-electron chi connectivity index (χ3n) is 5.05. The number of carbonyl (C=O) groups excluding carboxylic acids is 1. The molecule has 29 heavy (non-hydrogen) atoms. The molecule has 0 amide bonds. The van der Waals surface area contributed by atoms with Gasteiger partial charge in [0.1, 0.15) is 5.75 Å². The quantitative estimate of drug-likeness (QED) is 0.201. The standard InChI is InChI=1S/C24H21IO2S2/c1-15-11-18-13-28-24(29-14-19(18)12-16(15)2)21-5-3-4-6-22(21)27-23(26)17-7-9-20(25)10-8-17/h3-12,24H,13-14H2,1-2H3. The molecule has 0 spiro atoms. The van der Waals surface area contributed by atoms with Gasteiger partial charge in [-0.3, -0.25) is 0 Å². The van der Waals surface area contributed by atoms with Crippen molar-refractivity contribution in [1.82, 2.24) is 0 Å². The van der Waals surface area contributed by atoms with E-state index in [4.69, 9.17) is 4.74 Å². The maximum Gasteiger partial charge on any atom is 0.343 e. The van der Waals surface area contributed by atoms with Crippen LogP contribution >= 0.6 is 46.1 Å². The van der Waals surface area contributed by atoms with Crippen molar-refractivity contribution in [2.45, 2.75) is 29.9 Å². The summed E-state index contributed by atoms with van der Waals surface area (Å²) in [6, 6.07) is 20.0. The van der Waals surface area contributed by atoms with Crippen molar-refractivity contribution in [2.24, 2.45) is 0 Å². The summed E-state index contributed by atoms with van der Waals surface area (Å²) in [6.07, 6.45) is 0. The molecule has 2 nitrogen and oxygen atoms in total. The zero-order valence-corrected chi connectivity index (χ0v) is 20.1. The Kier molecular flexibility index (Phi) is 6.56. The molecule has 0 aromatic heterocycles. The average molecular weight is 532 g/mol. The molecule has 0 saturated carbocycles. The SMILES string of the molecule is Cc1cc2c(cc1C)CSC(c1ccccc1OC(=O)c1ccc(I)cc1)SC2. The summed E-state index contributed by atoms with van der Waals surface area (Å²) in [4.78, 5) is 12.6. The van der Waals surface area contributed by atoms with E-state index in [1.165, 1.54) is 22.3 Å². The number of ether oxygens (including phenoxy) is 1. The van der Waals surface area contributed by atoms with E-state index in [9.17, 15) is 4.79 Å². The first-order valence-electron chi connectivity index (χ1n) is 9.40. The highest BCUT2D eigenvalue weighted by atomic mass is 127. The number of fused-ring (bicyclic) bond motifs is 1. The Labute approximate surface area is 194 Å². The topological polar surface area (TPSA) is 26.3 Å². The van der Waals surface area contributed by atoms with Gasteiger partial charge in [0.15, 0.2) is 0 Å². The maximum absolute atomic E-state index is 12.6. The number of rotatable bonds is 3. The number of thioether (sulfide) groups is 2. The van der Waals surface area contributed by atoms with E-state index in [-0.39, 0.29) is 10.6 Å². The van der Waals surface area contributed by atoms with Crippen LogP contribution in [-0.4, -0.2) is 5.97 Å². The van der Waals surface area contributed by atoms with Crippen LogP contribution in [0.5, 0.6) is 5.75 Å². The number of hydrogen-bond donors (Lipinski definition) is 0. The van der Waals surface area contributed by atoms with Gasteiger partial charge < -0.3 is 4.74 Å². The van der Waals surface area contributed by atoms with Gasteiger partial charge in [0.25, 0.3) is 0 Å². The molecule has 0 unspecified atom stereocenters. The second-order valence-corrected chi connectivity index (χ2v) is 10.8. The van der Waals surface area contributed by atoms with Crippen LogP contribution in [0, 0.1) is 17.4 Å². The molecule has 1 aliphatic heterocycles.